The zero-order valence-electron chi connectivity index (χ0n) is 13.2. The van der Waals surface area contributed by atoms with Crippen molar-refractivity contribution in [1.82, 2.24) is 19.7 Å². The van der Waals surface area contributed by atoms with E-state index in [1.807, 2.05) is 36.7 Å². The Morgan fingerprint density at radius 1 is 1.32 bits per heavy atom. The van der Waals surface area contributed by atoms with Gasteiger partial charge in [0.2, 0.25) is 0 Å². The average Bonchev–Trinajstić information content (AvgIpc) is 3.07. The molecule has 1 fully saturated rings. The molecule has 2 heterocycles. The summed E-state index contributed by atoms with van der Waals surface area (Å²) in [6.45, 7) is 6.73. The number of rotatable bonds is 4. The van der Waals surface area contributed by atoms with Gasteiger partial charge >= 0.3 is 0 Å². The lowest BCUT2D eigenvalue weighted by molar-refractivity contribution is 0.217. The molecule has 2 aromatic rings. The van der Waals surface area contributed by atoms with E-state index in [2.05, 4.69) is 27.1 Å². The fourth-order valence-electron chi connectivity index (χ4n) is 3.23. The normalized spacial score (nSPS) is 18.5. The number of nitriles is 1. The molecule has 1 aliphatic rings. The van der Waals surface area contributed by atoms with Crippen LogP contribution in [0.5, 0.6) is 0 Å². The smallest absolute Gasteiger partial charge is 0.147 e. The molecule has 22 heavy (non-hydrogen) atoms. The summed E-state index contributed by atoms with van der Waals surface area (Å²) in [6.07, 6.45) is 2.37. The second kappa shape index (κ2) is 6.29. The van der Waals surface area contributed by atoms with Gasteiger partial charge in [0, 0.05) is 12.6 Å². The highest BCUT2D eigenvalue weighted by atomic mass is 15.4. The summed E-state index contributed by atoms with van der Waals surface area (Å²) in [6, 6.07) is 10.6. The monoisotopic (exact) mass is 295 g/mol. The number of hydrogen-bond donors (Lipinski definition) is 0. The van der Waals surface area contributed by atoms with Crippen molar-refractivity contribution in [2.24, 2.45) is 0 Å². The van der Waals surface area contributed by atoms with Crippen LogP contribution in [0.3, 0.4) is 0 Å². The van der Waals surface area contributed by atoms with Crippen LogP contribution < -0.4 is 0 Å². The number of hydrogen-bond acceptors (Lipinski definition) is 4. The molecule has 0 radical (unpaired) electrons. The van der Waals surface area contributed by atoms with Crippen LogP contribution in [0.25, 0.3) is 0 Å². The van der Waals surface area contributed by atoms with E-state index in [-0.39, 0.29) is 0 Å². The minimum atomic E-state index is 0.464. The highest BCUT2D eigenvalue weighted by molar-refractivity contribution is 5.37. The Morgan fingerprint density at radius 3 is 2.86 bits per heavy atom. The molecule has 0 bridgehead atoms. The Bertz CT molecular complexity index is 697. The minimum absolute atomic E-state index is 0.464. The van der Waals surface area contributed by atoms with Gasteiger partial charge in [0.15, 0.2) is 0 Å². The van der Waals surface area contributed by atoms with Gasteiger partial charge in [-0.25, -0.2) is 9.67 Å². The Kier molecular flexibility index (Phi) is 4.21. The molecule has 1 aromatic heterocycles. The molecule has 0 amide bonds. The summed E-state index contributed by atoms with van der Waals surface area (Å²) in [7, 11) is 0. The largest absolute Gasteiger partial charge is 0.294 e. The predicted molar refractivity (Wildman–Crippen MR) is 84.1 cm³/mol. The number of aryl methyl sites for hydroxylation is 2. The van der Waals surface area contributed by atoms with Crippen LogP contribution in [0.15, 0.2) is 24.3 Å². The third kappa shape index (κ3) is 3.02. The SMILES string of the molecule is Cc1nc(C)n(C[C@@H]2CCCN2Cc2ccccc2C#N)n1. The zero-order chi connectivity index (χ0) is 15.5. The number of aromatic nitrogens is 3. The maximum atomic E-state index is 9.24. The lowest BCUT2D eigenvalue weighted by Gasteiger charge is -2.25. The van der Waals surface area contributed by atoms with Crippen LogP contribution in [-0.2, 0) is 13.1 Å². The van der Waals surface area contributed by atoms with Gasteiger partial charge in [0.25, 0.3) is 0 Å². The first-order valence-electron chi connectivity index (χ1n) is 7.77. The second-order valence-electron chi connectivity index (χ2n) is 5.92. The van der Waals surface area contributed by atoms with E-state index in [4.69, 9.17) is 0 Å². The highest BCUT2D eigenvalue weighted by Crippen LogP contribution is 2.22. The number of nitrogens with zero attached hydrogens (tertiary/aromatic N) is 5. The molecular formula is C17H21N5. The van der Waals surface area contributed by atoms with Crippen molar-refractivity contribution in [3.8, 4) is 6.07 Å². The van der Waals surface area contributed by atoms with E-state index >= 15 is 0 Å². The molecule has 0 unspecified atom stereocenters. The molecule has 1 aromatic carbocycles. The summed E-state index contributed by atoms with van der Waals surface area (Å²) < 4.78 is 2.01. The van der Waals surface area contributed by atoms with Gasteiger partial charge in [0.1, 0.15) is 11.6 Å². The Hall–Kier alpha value is -2.19. The lowest BCUT2D eigenvalue weighted by Crippen LogP contribution is -2.33. The van der Waals surface area contributed by atoms with E-state index in [0.717, 1.165) is 42.4 Å². The molecule has 1 aliphatic heterocycles. The van der Waals surface area contributed by atoms with E-state index in [1.54, 1.807) is 0 Å². The van der Waals surface area contributed by atoms with Gasteiger partial charge in [0.05, 0.1) is 18.2 Å². The van der Waals surface area contributed by atoms with Crippen molar-refractivity contribution >= 4 is 0 Å². The maximum absolute atomic E-state index is 9.24. The summed E-state index contributed by atoms with van der Waals surface area (Å²) in [4.78, 5) is 6.84. The van der Waals surface area contributed by atoms with E-state index < -0.39 is 0 Å². The lowest BCUT2D eigenvalue weighted by atomic mass is 10.1. The van der Waals surface area contributed by atoms with Gasteiger partial charge in [-0.3, -0.25) is 4.90 Å². The van der Waals surface area contributed by atoms with Gasteiger partial charge in [-0.05, 0) is 44.9 Å². The summed E-state index contributed by atoms with van der Waals surface area (Å²) >= 11 is 0. The first-order valence-corrected chi connectivity index (χ1v) is 7.77. The van der Waals surface area contributed by atoms with Crippen LogP contribution >= 0.6 is 0 Å². The van der Waals surface area contributed by atoms with Crippen molar-refractivity contribution in [2.75, 3.05) is 6.54 Å². The van der Waals surface area contributed by atoms with Gasteiger partial charge in [-0.15, -0.1) is 0 Å². The van der Waals surface area contributed by atoms with E-state index in [0.29, 0.717) is 6.04 Å². The van der Waals surface area contributed by atoms with Crippen molar-refractivity contribution < 1.29 is 0 Å². The third-order valence-electron chi connectivity index (χ3n) is 4.36. The highest BCUT2D eigenvalue weighted by Gasteiger charge is 2.26. The molecule has 0 aliphatic carbocycles. The van der Waals surface area contributed by atoms with Crippen LogP contribution in [0.1, 0.15) is 35.6 Å². The Balaban J connectivity index is 1.73. The number of likely N-dealkylation sites (tertiary alicyclic amines) is 1. The van der Waals surface area contributed by atoms with Crippen LogP contribution in [0.4, 0.5) is 0 Å². The third-order valence-corrected chi connectivity index (χ3v) is 4.36. The van der Waals surface area contributed by atoms with Gasteiger partial charge in [-0.2, -0.15) is 10.4 Å². The Labute approximate surface area is 131 Å². The minimum Gasteiger partial charge on any atom is -0.294 e. The molecule has 0 N–H and O–H groups in total. The van der Waals surface area contributed by atoms with Crippen molar-refractivity contribution in [2.45, 2.75) is 45.8 Å². The van der Waals surface area contributed by atoms with Crippen molar-refractivity contribution in [1.29, 1.82) is 5.26 Å². The molecular weight excluding hydrogens is 274 g/mol. The van der Waals surface area contributed by atoms with E-state index in [9.17, 15) is 5.26 Å². The molecule has 3 rings (SSSR count). The molecule has 0 saturated carbocycles. The van der Waals surface area contributed by atoms with Crippen molar-refractivity contribution in [3.05, 3.63) is 47.0 Å². The summed E-state index contributed by atoms with van der Waals surface area (Å²) in [5.41, 5.74) is 1.89. The molecule has 0 spiro atoms. The first-order chi connectivity index (χ1) is 10.7. The molecule has 5 nitrogen and oxygen atoms in total. The molecule has 1 saturated heterocycles. The van der Waals surface area contributed by atoms with Gasteiger partial charge < -0.3 is 0 Å². The van der Waals surface area contributed by atoms with Crippen LogP contribution in [-0.4, -0.2) is 32.3 Å². The number of benzene rings is 1. The predicted octanol–water partition coefficient (Wildman–Crippen LogP) is 2.43. The van der Waals surface area contributed by atoms with Gasteiger partial charge in [-0.1, -0.05) is 18.2 Å². The quantitative estimate of drug-likeness (QED) is 0.869. The van der Waals surface area contributed by atoms with Crippen molar-refractivity contribution in [3.63, 3.8) is 0 Å². The van der Waals surface area contributed by atoms with Crippen LogP contribution in [0, 0.1) is 25.2 Å². The fourth-order valence-corrected chi connectivity index (χ4v) is 3.23. The molecule has 5 heteroatoms. The second-order valence-corrected chi connectivity index (χ2v) is 5.92. The topological polar surface area (TPSA) is 57.7 Å². The standard InChI is InChI=1S/C17H21N5/c1-13-19-14(2)22(20-13)12-17-8-5-9-21(17)11-16-7-4-3-6-15(16)10-18/h3-4,6-7,17H,5,8-9,11-12H2,1-2H3/t17-/m0/s1. The summed E-state index contributed by atoms with van der Waals surface area (Å²) in [5.74, 6) is 1.80. The molecule has 1 atom stereocenters. The Morgan fingerprint density at radius 2 is 2.14 bits per heavy atom. The van der Waals surface area contributed by atoms with E-state index in [1.165, 1.54) is 12.8 Å². The fraction of sp³-hybridized carbons (Fsp3) is 0.471. The first kappa shape index (κ1) is 14.7. The zero-order valence-corrected chi connectivity index (χ0v) is 13.2. The maximum Gasteiger partial charge on any atom is 0.147 e. The molecule has 114 valence electrons. The summed E-state index contributed by atoms with van der Waals surface area (Å²) in [5, 5.41) is 13.7. The van der Waals surface area contributed by atoms with Crippen LogP contribution in [0.2, 0.25) is 0 Å². The average molecular weight is 295 g/mol.